The van der Waals surface area contributed by atoms with Crippen molar-refractivity contribution in [3.8, 4) is 5.75 Å². The number of carbonyl (C=O) groups excluding carboxylic acids is 1. The van der Waals surface area contributed by atoms with Gasteiger partial charge in [-0.25, -0.2) is 0 Å². The molecule has 0 saturated heterocycles. The van der Waals surface area contributed by atoms with Crippen molar-refractivity contribution in [3.63, 3.8) is 0 Å². The Balaban J connectivity index is 1.64. The SMILES string of the molecule is CCCCCCCCCCCCCCCCCCOCCOCCOCCOCCOCCOc1ccc(C=O)cc1. The summed E-state index contributed by atoms with van der Waals surface area (Å²) in [6, 6.07) is 6.99. The number of unbranched alkanes of at least 4 members (excludes halogenated alkanes) is 15. The first kappa shape index (κ1) is 38.5. The van der Waals surface area contributed by atoms with Crippen LogP contribution in [0.1, 0.15) is 120 Å². The summed E-state index contributed by atoms with van der Waals surface area (Å²) in [6.07, 6.45) is 23.0. The summed E-state index contributed by atoms with van der Waals surface area (Å²) in [5.74, 6) is 0.722. The summed E-state index contributed by atoms with van der Waals surface area (Å²) in [5, 5.41) is 0. The van der Waals surface area contributed by atoms with E-state index in [4.69, 9.17) is 28.4 Å². The number of ether oxygens (including phenoxy) is 6. The van der Waals surface area contributed by atoms with Crippen molar-refractivity contribution in [2.45, 2.75) is 110 Å². The van der Waals surface area contributed by atoms with Gasteiger partial charge in [-0.1, -0.05) is 103 Å². The number of aldehydes is 1. The maximum atomic E-state index is 10.6. The van der Waals surface area contributed by atoms with Crippen molar-refractivity contribution in [1.82, 2.24) is 0 Å². The number of hydrogen-bond donors (Lipinski definition) is 0. The Hall–Kier alpha value is -1.51. The molecule has 42 heavy (non-hydrogen) atoms. The van der Waals surface area contributed by atoms with E-state index in [1.807, 2.05) is 0 Å². The van der Waals surface area contributed by atoms with Crippen LogP contribution in [-0.2, 0) is 23.7 Å². The number of hydrogen-bond acceptors (Lipinski definition) is 7. The fourth-order valence-electron chi connectivity index (χ4n) is 4.59. The van der Waals surface area contributed by atoms with Gasteiger partial charge in [-0.15, -0.1) is 0 Å². The fourth-order valence-corrected chi connectivity index (χ4v) is 4.59. The van der Waals surface area contributed by atoms with Crippen LogP contribution in [0.2, 0.25) is 0 Å². The molecule has 0 amide bonds. The lowest BCUT2D eigenvalue weighted by molar-refractivity contribution is -0.0128. The lowest BCUT2D eigenvalue weighted by Gasteiger charge is -2.09. The van der Waals surface area contributed by atoms with E-state index in [-0.39, 0.29) is 0 Å². The van der Waals surface area contributed by atoms with Gasteiger partial charge in [0.15, 0.2) is 0 Å². The molecule has 0 N–H and O–H groups in total. The first-order chi connectivity index (χ1) is 20.9. The summed E-state index contributed by atoms with van der Waals surface area (Å²) in [6.45, 7) is 8.56. The molecule has 0 bridgehead atoms. The van der Waals surface area contributed by atoms with Gasteiger partial charge < -0.3 is 28.4 Å². The van der Waals surface area contributed by atoms with Crippen molar-refractivity contribution in [1.29, 1.82) is 0 Å². The molecule has 0 aliphatic carbocycles. The summed E-state index contributed by atoms with van der Waals surface area (Å²) >= 11 is 0. The van der Waals surface area contributed by atoms with E-state index in [2.05, 4.69) is 6.92 Å². The average molecular weight is 595 g/mol. The van der Waals surface area contributed by atoms with Crippen LogP contribution in [0.3, 0.4) is 0 Å². The smallest absolute Gasteiger partial charge is 0.150 e. The number of carbonyl (C=O) groups is 1. The average Bonchev–Trinajstić information content (AvgIpc) is 3.02. The van der Waals surface area contributed by atoms with Gasteiger partial charge in [0.1, 0.15) is 18.6 Å². The number of benzene rings is 1. The molecule has 7 heteroatoms. The molecule has 0 radical (unpaired) electrons. The molecule has 0 atom stereocenters. The highest BCUT2D eigenvalue weighted by atomic mass is 16.6. The summed E-state index contributed by atoms with van der Waals surface area (Å²) in [7, 11) is 0. The molecule has 0 aliphatic heterocycles. The van der Waals surface area contributed by atoms with Gasteiger partial charge in [0.2, 0.25) is 0 Å². The molecule has 0 fully saturated rings. The molecule has 0 heterocycles. The van der Waals surface area contributed by atoms with Gasteiger partial charge in [0.25, 0.3) is 0 Å². The normalized spacial score (nSPS) is 11.3. The molecule has 0 spiro atoms. The van der Waals surface area contributed by atoms with E-state index in [1.165, 1.54) is 96.3 Å². The Morgan fingerprint density at radius 3 is 1.14 bits per heavy atom. The van der Waals surface area contributed by atoms with Crippen LogP contribution in [0.25, 0.3) is 0 Å². The zero-order valence-electron chi connectivity index (χ0n) is 26.8. The monoisotopic (exact) mass is 594 g/mol. The summed E-state index contributed by atoms with van der Waals surface area (Å²) < 4.78 is 33.3. The topological polar surface area (TPSA) is 72.5 Å². The van der Waals surface area contributed by atoms with Crippen LogP contribution in [0.4, 0.5) is 0 Å². The zero-order chi connectivity index (χ0) is 30.0. The van der Waals surface area contributed by atoms with Crippen LogP contribution in [0.5, 0.6) is 5.75 Å². The Bertz CT molecular complexity index is 668. The molecule has 0 unspecified atom stereocenters. The van der Waals surface area contributed by atoms with Crippen LogP contribution in [0, 0.1) is 0 Å². The van der Waals surface area contributed by atoms with Crippen LogP contribution < -0.4 is 4.74 Å². The molecule has 244 valence electrons. The molecule has 1 aromatic rings. The highest BCUT2D eigenvalue weighted by molar-refractivity contribution is 5.74. The Morgan fingerprint density at radius 1 is 0.429 bits per heavy atom. The first-order valence-corrected chi connectivity index (χ1v) is 16.9. The highest BCUT2D eigenvalue weighted by Gasteiger charge is 1.98. The van der Waals surface area contributed by atoms with E-state index in [0.717, 1.165) is 25.1 Å². The first-order valence-electron chi connectivity index (χ1n) is 16.9. The minimum absolute atomic E-state index is 0.453. The lowest BCUT2D eigenvalue weighted by Crippen LogP contribution is -2.14. The second-order valence-corrected chi connectivity index (χ2v) is 10.9. The highest BCUT2D eigenvalue weighted by Crippen LogP contribution is 2.14. The third-order valence-electron chi connectivity index (χ3n) is 7.14. The maximum absolute atomic E-state index is 10.6. The van der Waals surface area contributed by atoms with E-state index >= 15 is 0 Å². The molecule has 0 aromatic heterocycles. The van der Waals surface area contributed by atoms with Crippen molar-refractivity contribution in [2.75, 3.05) is 72.7 Å². The Kier molecular flexibility index (Phi) is 29.7. The summed E-state index contributed by atoms with van der Waals surface area (Å²) in [4.78, 5) is 10.6. The predicted octanol–water partition coefficient (Wildman–Crippen LogP) is 8.22. The van der Waals surface area contributed by atoms with Gasteiger partial charge in [-0.2, -0.15) is 0 Å². The van der Waals surface area contributed by atoms with Gasteiger partial charge in [0.05, 0.1) is 59.5 Å². The largest absolute Gasteiger partial charge is 0.491 e. The second kappa shape index (κ2) is 32.4. The summed E-state index contributed by atoms with van der Waals surface area (Å²) in [5.41, 5.74) is 0.632. The molecule has 1 rings (SSSR count). The third-order valence-corrected chi connectivity index (χ3v) is 7.14. The van der Waals surface area contributed by atoms with Gasteiger partial charge in [-0.3, -0.25) is 4.79 Å². The Morgan fingerprint density at radius 2 is 0.762 bits per heavy atom. The van der Waals surface area contributed by atoms with Crippen molar-refractivity contribution in [3.05, 3.63) is 29.8 Å². The fraction of sp³-hybridized carbons (Fsp3) is 0.800. The molecular weight excluding hydrogens is 532 g/mol. The second-order valence-electron chi connectivity index (χ2n) is 10.9. The van der Waals surface area contributed by atoms with Gasteiger partial charge in [0, 0.05) is 12.2 Å². The maximum Gasteiger partial charge on any atom is 0.150 e. The van der Waals surface area contributed by atoms with E-state index in [1.54, 1.807) is 24.3 Å². The number of rotatable bonds is 34. The van der Waals surface area contributed by atoms with Crippen LogP contribution in [0.15, 0.2) is 24.3 Å². The quantitative estimate of drug-likeness (QED) is 0.0588. The minimum atomic E-state index is 0.453. The predicted molar refractivity (Wildman–Crippen MR) is 171 cm³/mol. The van der Waals surface area contributed by atoms with E-state index in [9.17, 15) is 4.79 Å². The minimum Gasteiger partial charge on any atom is -0.491 e. The lowest BCUT2D eigenvalue weighted by atomic mass is 10.0. The van der Waals surface area contributed by atoms with Crippen molar-refractivity contribution in [2.24, 2.45) is 0 Å². The molecular formula is C35H62O7. The molecule has 0 saturated carbocycles. The van der Waals surface area contributed by atoms with Gasteiger partial charge in [-0.05, 0) is 30.7 Å². The van der Waals surface area contributed by atoms with Crippen LogP contribution >= 0.6 is 0 Å². The van der Waals surface area contributed by atoms with E-state index in [0.29, 0.717) is 71.6 Å². The zero-order valence-corrected chi connectivity index (χ0v) is 26.8. The van der Waals surface area contributed by atoms with E-state index < -0.39 is 0 Å². The van der Waals surface area contributed by atoms with Crippen molar-refractivity contribution >= 4 is 6.29 Å². The van der Waals surface area contributed by atoms with Crippen LogP contribution in [-0.4, -0.2) is 79.0 Å². The van der Waals surface area contributed by atoms with Gasteiger partial charge >= 0.3 is 0 Å². The third kappa shape index (κ3) is 27.3. The Labute approximate surface area is 257 Å². The molecule has 1 aromatic carbocycles. The molecule has 7 nitrogen and oxygen atoms in total. The molecule has 0 aliphatic rings. The standard InChI is InChI=1S/C35H62O7/c1-2-3-4-5-6-7-8-9-10-11-12-13-14-15-16-17-22-37-23-24-38-25-26-39-27-28-40-29-30-41-31-32-42-35-20-18-34(33-36)19-21-35/h18-21,33H,2-17,22-32H2,1H3. The van der Waals surface area contributed by atoms with Crippen molar-refractivity contribution < 1.29 is 33.2 Å².